The number of carbonyl (C=O) groups is 1. The monoisotopic (exact) mass is 1100 g/mol. The average Bonchev–Trinajstić information content (AvgIpc) is 3.15. The third-order valence-corrected chi connectivity index (χ3v) is 8.18. The molecule has 23 nitrogen and oxygen atoms in total. The zero-order chi connectivity index (χ0) is 46.7. The van der Waals surface area contributed by atoms with Crippen LogP contribution in [0, 0.1) is 0 Å². The van der Waals surface area contributed by atoms with Crippen molar-refractivity contribution in [3.63, 3.8) is 0 Å². The van der Waals surface area contributed by atoms with Crippen LogP contribution in [0.2, 0.25) is 0 Å². The Kier molecular flexibility index (Phi) is 48.7. The first-order valence-electron chi connectivity index (χ1n) is 16.4. The summed E-state index contributed by atoms with van der Waals surface area (Å²) in [6, 6.07) is 22.1. The van der Waals surface area contributed by atoms with E-state index in [1.54, 1.807) is 36.4 Å². The van der Waals surface area contributed by atoms with Gasteiger partial charge < -0.3 is 88.5 Å². The van der Waals surface area contributed by atoms with Gasteiger partial charge in [-0.15, -0.1) is 0 Å². The molecule has 0 aliphatic carbocycles. The summed E-state index contributed by atoms with van der Waals surface area (Å²) in [5.74, 6) is 2.99. The Morgan fingerprint density at radius 3 is 0.937 bits per heavy atom. The van der Waals surface area contributed by atoms with Crippen LogP contribution in [0.4, 0.5) is 0 Å². The molecular weight excluding hydrogens is 1050 g/mol. The second-order valence-electron chi connectivity index (χ2n) is 12.2. The van der Waals surface area contributed by atoms with E-state index in [1.807, 2.05) is 36.4 Å². The molecule has 0 saturated heterocycles. The van der Waals surface area contributed by atoms with E-state index in [4.69, 9.17) is 58.8 Å². The second kappa shape index (κ2) is 40.2. The number of hydrogen-bond acceptors (Lipinski definition) is 23. The first-order chi connectivity index (χ1) is 27.0. The van der Waals surface area contributed by atoms with Gasteiger partial charge in [0.1, 0.15) is 24.4 Å². The Morgan fingerprint density at radius 2 is 0.810 bits per heavy atom. The van der Waals surface area contributed by atoms with Gasteiger partial charge in [-0.1, -0.05) is 77.9 Å². The standard InChI is InChI=1S/3C9H12O2.C6H12O6.3Fe.Na.H4O7P2.H2O4S.H/c3*1-7(2)8-3-5-9(11-10)6-4-8;7-1-3(9)5(11)6(12)4(10)2-8;;;;;1-8(2,3)7-9(4,5)6;1-5(2,3)4;/h3*3-7,10H,1-2H3;1,3-6,8-12H,2H2;;;;;(H2,1,2,3)(H2,4,5,6);(H2,1,2,3,4);/q;;;;3*+2;+1;;;-1/p-6/t;;;3-,4+,5+,6+;;;;;;;/m...0......./s1. The molecule has 0 bridgehead atoms. The molecule has 0 aliphatic rings. The summed E-state index contributed by atoms with van der Waals surface area (Å²) in [6.45, 7) is 12.0. The number of aliphatic hydroxyl groups excluding tert-OH is 5. The van der Waals surface area contributed by atoms with Crippen molar-refractivity contribution in [2.75, 3.05) is 6.61 Å². The summed E-state index contributed by atoms with van der Waals surface area (Å²) in [7, 11) is -16.5. The van der Waals surface area contributed by atoms with Gasteiger partial charge >= 0.3 is 80.8 Å². The molecule has 0 unspecified atom stereocenters. The minimum atomic E-state index is -5.68. The van der Waals surface area contributed by atoms with Crippen LogP contribution in [0.3, 0.4) is 0 Å². The Hall–Kier alpha value is -0.902. The van der Waals surface area contributed by atoms with E-state index in [9.17, 15) is 33.5 Å². The molecule has 8 N–H and O–H groups in total. The van der Waals surface area contributed by atoms with Gasteiger partial charge in [-0.05, 0) is 70.8 Å². The van der Waals surface area contributed by atoms with Crippen LogP contribution in [-0.4, -0.2) is 96.1 Å². The van der Waals surface area contributed by atoms with Gasteiger partial charge in [0.15, 0.2) is 23.5 Å². The number of phosphoric acid groups is 2. The zero-order valence-corrected chi connectivity index (χ0v) is 42.2. The number of aldehydes is 1. The summed E-state index contributed by atoms with van der Waals surface area (Å²) in [6.07, 6.45) is -6.84. The number of aliphatic hydroxyl groups is 5. The SMILES string of the molecule is CC(C)c1ccc(OO)cc1.CC(C)c1ccc(OO)cc1.CC(C)c1ccc(OO)cc1.O=C[C@H](O)[C@@H](O)[C@H](O)[C@H](O)CO.O=P([O-])([O-])OP(=O)([O-])[O-].O=S(=O)([O-])[O-].[Fe+2].[Fe+2].[Fe+2].[H-].[Na+]. The second-order valence-corrected chi connectivity index (χ2v) is 15.4. The summed E-state index contributed by atoms with van der Waals surface area (Å²) >= 11 is 0. The van der Waals surface area contributed by atoms with Gasteiger partial charge in [0.2, 0.25) is 0 Å². The molecule has 0 amide bonds. The largest absolute Gasteiger partial charge is 2.00 e. The van der Waals surface area contributed by atoms with Crippen LogP contribution in [0.5, 0.6) is 17.2 Å². The molecule has 0 aromatic heterocycles. The van der Waals surface area contributed by atoms with E-state index in [2.05, 4.69) is 60.5 Å². The molecule has 0 spiro atoms. The molecule has 360 valence electrons. The third kappa shape index (κ3) is 44.7. The Bertz CT molecular complexity index is 1610. The fourth-order valence-electron chi connectivity index (χ4n) is 3.48. The molecule has 0 fully saturated rings. The van der Waals surface area contributed by atoms with Crippen LogP contribution in [0.1, 0.15) is 77.4 Å². The molecule has 63 heavy (non-hydrogen) atoms. The van der Waals surface area contributed by atoms with Crippen LogP contribution in [0.25, 0.3) is 0 Å². The Morgan fingerprint density at radius 1 is 0.587 bits per heavy atom. The van der Waals surface area contributed by atoms with Crippen molar-refractivity contribution in [2.45, 2.75) is 83.7 Å². The molecule has 3 aromatic rings. The van der Waals surface area contributed by atoms with Crippen molar-refractivity contribution in [2.24, 2.45) is 0 Å². The van der Waals surface area contributed by atoms with Gasteiger partial charge in [0.25, 0.3) is 0 Å². The van der Waals surface area contributed by atoms with Crippen molar-refractivity contribution >= 4 is 32.3 Å². The number of hydrogen-bond donors (Lipinski definition) is 8. The predicted octanol–water partition coefficient (Wildman–Crippen LogP) is -2.96. The Labute approximate surface area is 419 Å². The molecular formula is C33H49Fe3NaO23P2S. The zero-order valence-electron chi connectivity index (χ0n) is 35.3. The van der Waals surface area contributed by atoms with Gasteiger partial charge in [0.05, 0.1) is 22.3 Å². The maximum atomic E-state index is 9.90. The van der Waals surface area contributed by atoms with Crippen molar-refractivity contribution in [1.82, 2.24) is 0 Å². The normalized spacial score (nSPS) is 12.2. The van der Waals surface area contributed by atoms with Crippen molar-refractivity contribution < 1.29 is 193 Å². The van der Waals surface area contributed by atoms with Crippen LogP contribution in [-0.2, 0) is 79.8 Å². The van der Waals surface area contributed by atoms with E-state index >= 15 is 0 Å². The quantitative estimate of drug-likeness (QED) is 0.0161. The fourth-order valence-corrected chi connectivity index (χ4v) is 4.46. The third-order valence-electron chi connectivity index (χ3n) is 6.58. The van der Waals surface area contributed by atoms with Gasteiger partial charge in [-0.25, -0.2) is 15.8 Å². The van der Waals surface area contributed by atoms with Crippen molar-refractivity contribution in [3.05, 3.63) is 89.5 Å². The Balaban J connectivity index is -0.0000000978. The topological polar surface area (TPSA) is 422 Å². The summed E-state index contributed by atoms with van der Waals surface area (Å²) in [5, 5.41) is 68.3. The number of benzene rings is 3. The molecule has 3 aromatic carbocycles. The minimum Gasteiger partial charge on any atom is -1.00 e. The minimum absolute atomic E-state index is 0. The van der Waals surface area contributed by atoms with E-state index in [1.165, 1.54) is 16.7 Å². The fraction of sp³-hybridized carbons (Fsp3) is 0.424. The smallest absolute Gasteiger partial charge is 1.00 e. The van der Waals surface area contributed by atoms with Crippen molar-refractivity contribution in [3.8, 4) is 17.2 Å². The molecule has 0 aliphatic heterocycles. The molecule has 4 atom stereocenters. The van der Waals surface area contributed by atoms with Crippen LogP contribution >= 0.6 is 15.6 Å². The summed E-state index contributed by atoms with van der Waals surface area (Å²) in [5.41, 5.74) is 3.72. The first kappa shape index (κ1) is 76.4. The molecule has 0 heterocycles. The van der Waals surface area contributed by atoms with Gasteiger partial charge in [-0.2, -0.15) is 0 Å². The summed E-state index contributed by atoms with van der Waals surface area (Å²) in [4.78, 5) is 59.3. The molecule has 0 radical (unpaired) electrons. The van der Waals surface area contributed by atoms with Crippen LogP contribution in [0.15, 0.2) is 72.8 Å². The van der Waals surface area contributed by atoms with Crippen LogP contribution < -0.4 is 63.8 Å². The molecule has 30 heteroatoms. The maximum Gasteiger partial charge on any atom is 2.00 e. The molecule has 0 saturated carbocycles. The van der Waals surface area contributed by atoms with Gasteiger partial charge in [0, 0.05) is 10.4 Å². The number of carbonyl (C=O) groups excluding carboxylic acids is 1. The maximum absolute atomic E-state index is 9.90. The number of rotatable bonds is 13. The van der Waals surface area contributed by atoms with Crippen molar-refractivity contribution in [1.29, 1.82) is 0 Å². The van der Waals surface area contributed by atoms with E-state index < -0.39 is 57.1 Å². The summed E-state index contributed by atoms with van der Waals surface area (Å²) < 4.78 is 55.2. The van der Waals surface area contributed by atoms with E-state index in [-0.39, 0.29) is 88.5 Å². The van der Waals surface area contributed by atoms with E-state index in [0.29, 0.717) is 35.0 Å². The van der Waals surface area contributed by atoms with E-state index in [0.717, 1.165) is 0 Å². The van der Waals surface area contributed by atoms with Gasteiger partial charge in [-0.3, -0.25) is 8.42 Å². The average molecular weight is 1100 g/mol. The predicted molar refractivity (Wildman–Crippen MR) is 196 cm³/mol. The first-order valence-corrected chi connectivity index (χ1v) is 20.7. The molecule has 3 rings (SSSR count).